The number of hydrogen-bond donors (Lipinski definition) is 0. The topological polar surface area (TPSA) is 17.1 Å². The van der Waals surface area contributed by atoms with Gasteiger partial charge in [-0.1, -0.05) is 31.9 Å². The molecule has 4 rings (SSSR count). The van der Waals surface area contributed by atoms with E-state index in [-0.39, 0.29) is 4.83 Å². The molecule has 2 bridgehead atoms. The summed E-state index contributed by atoms with van der Waals surface area (Å²) in [4.78, 5) is 13.0. The largest absolute Gasteiger partial charge is 0.298 e. The number of carbonyl (C=O) groups is 1. The number of alkyl halides is 2. The molecule has 0 aromatic heterocycles. The van der Waals surface area contributed by atoms with Crippen LogP contribution in [0.2, 0.25) is 0 Å². The highest BCUT2D eigenvalue weighted by Gasteiger charge is 2.71. The molecule has 0 spiro atoms. The smallest absolute Gasteiger partial charge is 0.150 e. The van der Waals surface area contributed by atoms with Crippen molar-refractivity contribution in [1.82, 2.24) is 0 Å². The third-order valence-corrected chi connectivity index (χ3v) is 7.35. The van der Waals surface area contributed by atoms with Crippen molar-refractivity contribution in [3.8, 4) is 0 Å². The van der Waals surface area contributed by atoms with Crippen LogP contribution in [0.4, 0.5) is 0 Å². The molecule has 4 aliphatic carbocycles. The summed E-state index contributed by atoms with van der Waals surface area (Å²) in [5.41, 5.74) is 0. The normalized spacial score (nSPS) is 68.3. The van der Waals surface area contributed by atoms with Gasteiger partial charge in [0.1, 0.15) is 5.78 Å². The van der Waals surface area contributed by atoms with E-state index in [2.05, 4.69) is 31.9 Å². The molecule has 0 aliphatic heterocycles. The Balaban J connectivity index is 1.89. The molecule has 0 aromatic rings. The minimum absolute atomic E-state index is 0.192. The molecule has 0 unspecified atom stereocenters. The first-order valence-corrected chi connectivity index (χ1v) is 7.35. The lowest BCUT2D eigenvalue weighted by atomic mass is 9.80. The fourth-order valence-electron chi connectivity index (χ4n) is 5.09. The molecule has 0 aromatic carbocycles. The highest BCUT2D eigenvalue weighted by molar-refractivity contribution is 9.10. The van der Waals surface area contributed by atoms with E-state index in [1.807, 2.05) is 0 Å². The minimum atomic E-state index is 0.192. The zero-order valence-electron chi connectivity index (χ0n) is 7.70. The number of fused-ring (bicyclic) bond motifs is 2. The molecule has 0 radical (unpaired) electrons. The van der Waals surface area contributed by atoms with Crippen molar-refractivity contribution in [2.75, 3.05) is 0 Å². The third-order valence-electron chi connectivity index (χ3n) is 5.30. The van der Waals surface area contributed by atoms with Gasteiger partial charge in [-0.25, -0.2) is 0 Å². The second kappa shape index (κ2) is 2.48. The van der Waals surface area contributed by atoms with Crippen molar-refractivity contribution in [3.63, 3.8) is 0 Å². The molecule has 0 amide bonds. The molecule has 8 atom stereocenters. The molecule has 4 fully saturated rings. The fraction of sp³-hybridized carbons (Fsp3) is 0.909. The summed E-state index contributed by atoms with van der Waals surface area (Å²) in [6, 6.07) is 0. The van der Waals surface area contributed by atoms with Crippen LogP contribution in [0.5, 0.6) is 0 Å². The van der Waals surface area contributed by atoms with Crippen LogP contribution in [-0.4, -0.2) is 15.4 Å². The van der Waals surface area contributed by atoms with Gasteiger partial charge in [-0.2, -0.15) is 0 Å². The maximum atomic E-state index is 12.1. The van der Waals surface area contributed by atoms with Crippen LogP contribution in [0.15, 0.2) is 0 Å². The van der Waals surface area contributed by atoms with Gasteiger partial charge in [0.2, 0.25) is 0 Å². The summed E-state index contributed by atoms with van der Waals surface area (Å²) in [6.45, 7) is 0. The van der Waals surface area contributed by atoms with Gasteiger partial charge in [0, 0.05) is 10.7 Å². The van der Waals surface area contributed by atoms with E-state index in [9.17, 15) is 4.79 Å². The summed E-state index contributed by atoms with van der Waals surface area (Å²) in [5, 5.41) is 0. The number of halogens is 2. The lowest BCUT2D eigenvalue weighted by Gasteiger charge is -2.26. The Kier molecular flexibility index (Phi) is 1.55. The average Bonchev–Trinajstić information content (AvgIpc) is 2.76. The number of carbonyl (C=O) groups excluding carboxylic acids is 1. The van der Waals surface area contributed by atoms with Crippen LogP contribution in [0.3, 0.4) is 0 Å². The van der Waals surface area contributed by atoms with Gasteiger partial charge < -0.3 is 0 Å². The van der Waals surface area contributed by atoms with E-state index in [4.69, 9.17) is 0 Å². The zero-order valence-corrected chi connectivity index (χ0v) is 10.9. The van der Waals surface area contributed by atoms with Crippen LogP contribution in [0.1, 0.15) is 12.8 Å². The minimum Gasteiger partial charge on any atom is -0.298 e. The quantitative estimate of drug-likeness (QED) is 0.627. The summed E-state index contributed by atoms with van der Waals surface area (Å²) in [6.07, 6.45) is 2.61. The summed E-state index contributed by atoms with van der Waals surface area (Å²) in [5.74, 6) is 4.81. The predicted molar refractivity (Wildman–Crippen MR) is 60.6 cm³/mol. The van der Waals surface area contributed by atoms with Crippen LogP contribution < -0.4 is 0 Å². The lowest BCUT2D eigenvalue weighted by molar-refractivity contribution is -0.121. The average molecular weight is 320 g/mol. The fourth-order valence-corrected chi connectivity index (χ4v) is 7.31. The Bertz CT molecular complexity index is 327. The number of ketones is 1. The molecule has 76 valence electrons. The number of rotatable bonds is 0. The molecule has 4 aliphatic rings. The molecular formula is C11H12Br2O. The van der Waals surface area contributed by atoms with Crippen LogP contribution in [-0.2, 0) is 4.79 Å². The summed E-state index contributed by atoms with van der Waals surface area (Å²) >= 11 is 7.47. The van der Waals surface area contributed by atoms with Crippen molar-refractivity contribution in [2.24, 2.45) is 35.5 Å². The zero-order chi connectivity index (χ0) is 9.61. The van der Waals surface area contributed by atoms with Crippen LogP contribution >= 0.6 is 31.9 Å². The monoisotopic (exact) mass is 318 g/mol. The lowest BCUT2D eigenvalue weighted by Crippen LogP contribution is -2.26. The van der Waals surface area contributed by atoms with E-state index in [1.165, 1.54) is 12.8 Å². The first-order chi connectivity index (χ1) is 6.70. The Morgan fingerprint density at radius 3 is 2.57 bits per heavy atom. The first-order valence-electron chi connectivity index (χ1n) is 5.52. The van der Waals surface area contributed by atoms with Gasteiger partial charge in [-0.05, 0) is 42.4 Å². The molecule has 3 heteroatoms. The van der Waals surface area contributed by atoms with Gasteiger partial charge in [-0.15, -0.1) is 0 Å². The van der Waals surface area contributed by atoms with E-state index in [1.54, 1.807) is 0 Å². The first kappa shape index (κ1) is 8.74. The molecule has 4 saturated carbocycles. The SMILES string of the molecule is O=C1[C@@H]2[C@@H]3C[C@H](Br)[C@H]4[C@@H]3C[C@@H]2[C@@H]4[C@H]1Br. The summed E-state index contributed by atoms with van der Waals surface area (Å²) < 4.78 is 0. The molecular weight excluding hydrogens is 308 g/mol. The highest BCUT2D eigenvalue weighted by Crippen LogP contribution is 2.71. The van der Waals surface area contributed by atoms with Crippen LogP contribution in [0.25, 0.3) is 0 Å². The Morgan fingerprint density at radius 1 is 1.00 bits per heavy atom. The van der Waals surface area contributed by atoms with Gasteiger partial charge in [0.25, 0.3) is 0 Å². The standard InChI is InChI=1S/C11H12Br2O/c12-6-2-4-3-1-5-7(4)11(14)10(13)9(5)8(3)6/h3-10H,1-2H2/t3-,4-,5+,6+,7-,8-,9+,10-/m1/s1. The van der Waals surface area contributed by atoms with Crippen molar-refractivity contribution in [3.05, 3.63) is 0 Å². The van der Waals surface area contributed by atoms with E-state index < -0.39 is 0 Å². The Hall–Kier alpha value is 0.630. The third kappa shape index (κ3) is 0.722. The van der Waals surface area contributed by atoms with Gasteiger partial charge in [-0.3, -0.25) is 4.79 Å². The molecule has 0 N–H and O–H groups in total. The van der Waals surface area contributed by atoms with E-state index in [0.29, 0.717) is 22.4 Å². The molecule has 0 saturated heterocycles. The second-order valence-electron chi connectivity index (χ2n) is 5.46. The Labute approximate surface area is 100 Å². The molecule has 0 heterocycles. The predicted octanol–water partition coefficient (Wildman–Crippen LogP) is 2.61. The number of Topliss-reactive ketones (excluding diaryl/α,β-unsaturated/α-hetero) is 1. The highest BCUT2D eigenvalue weighted by atomic mass is 79.9. The van der Waals surface area contributed by atoms with Crippen molar-refractivity contribution < 1.29 is 4.79 Å². The van der Waals surface area contributed by atoms with Crippen molar-refractivity contribution in [2.45, 2.75) is 22.5 Å². The van der Waals surface area contributed by atoms with Crippen LogP contribution in [0, 0.1) is 35.5 Å². The van der Waals surface area contributed by atoms with Gasteiger partial charge >= 0.3 is 0 Å². The van der Waals surface area contributed by atoms with Crippen molar-refractivity contribution in [1.29, 1.82) is 0 Å². The summed E-state index contributed by atoms with van der Waals surface area (Å²) in [7, 11) is 0. The second-order valence-corrected chi connectivity index (χ2v) is 7.63. The van der Waals surface area contributed by atoms with Crippen molar-refractivity contribution >= 4 is 37.6 Å². The van der Waals surface area contributed by atoms with Gasteiger partial charge in [0.05, 0.1) is 4.83 Å². The van der Waals surface area contributed by atoms with E-state index >= 15 is 0 Å². The Morgan fingerprint density at radius 2 is 1.79 bits per heavy atom. The molecule has 14 heavy (non-hydrogen) atoms. The maximum Gasteiger partial charge on any atom is 0.150 e. The van der Waals surface area contributed by atoms with E-state index in [0.717, 1.165) is 23.7 Å². The maximum absolute atomic E-state index is 12.1. The number of hydrogen-bond acceptors (Lipinski definition) is 1. The van der Waals surface area contributed by atoms with Gasteiger partial charge in [0.15, 0.2) is 0 Å². The molecule has 1 nitrogen and oxygen atoms in total.